The molecule has 1 saturated heterocycles. The molecule has 0 saturated carbocycles. The zero-order valence-electron chi connectivity index (χ0n) is 12.1. The summed E-state index contributed by atoms with van der Waals surface area (Å²) in [5.74, 6) is 0.0398. The third-order valence-electron chi connectivity index (χ3n) is 3.39. The molecule has 5 heteroatoms. The van der Waals surface area contributed by atoms with Crippen LogP contribution in [0, 0.1) is 0 Å². The largest absolute Gasteiger partial charge is 0.384 e. The first kappa shape index (κ1) is 14.8. The van der Waals surface area contributed by atoms with E-state index in [-0.39, 0.29) is 5.91 Å². The maximum Gasteiger partial charge on any atom is 0.255 e. The predicted octanol–water partition coefficient (Wildman–Crippen LogP) is 2.16. The lowest BCUT2D eigenvalue weighted by Crippen LogP contribution is -2.40. The Hall–Kier alpha value is -1.62. The number of aromatic nitrogens is 1. The monoisotopic (exact) mass is 277 g/mol. The third-order valence-corrected chi connectivity index (χ3v) is 3.39. The van der Waals surface area contributed by atoms with Crippen molar-refractivity contribution in [2.75, 3.05) is 38.2 Å². The van der Waals surface area contributed by atoms with E-state index in [1.54, 1.807) is 12.4 Å². The summed E-state index contributed by atoms with van der Waals surface area (Å²) < 4.78 is 5.26. The Bertz CT molecular complexity index is 431. The molecule has 0 aliphatic carbocycles. The molecular formula is C15H23N3O2. The molecule has 1 aromatic heterocycles. The van der Waals surface area contributed by atoms with Crippen LogP contribution in [0.25, 0.3) is 0 Å². The SMILES string of the molecule is CCCCCNc1cncc(C(=O)N2CCOCC2)c1. The smallest absolute Gasteiger partial charge is 0.255 e. The zero-order valence-corrected chi connectivity index (χ0v) is 12.1. The molecule has 20 heavy (non-hydrogen) atoms. The minimum absolute atomic E-state index is 0.0398. The Morgan fingerprint density at radius 3 is 2.90 bits per heavy atom. The maximum absolute atomic E-state index is 12.3. The van der Waals surface area contributed by atoms with Crippen molar-refractivity contribution in [1.29, 1.82) is 0 Å². The summed E-state index contributed by atoms with van der Waals surface area (Å²) in [5.41, 5.74) is 1.56. The molecule has 1 N–H and O–H groups in total. The number of unbranched alkanes of at least 4 members (excludes halogenated alkanes) is 2. The summed E-state index contributed by atoms with van der Waals surface area (Å²) in [6.45, 7) is 5.66. The van der Waals surface area contributed by atoms with E-state index in [1.165, 1.54) is 12.8 Å². The van der Waals surface area contributed by atoms with Gasteiger partial charge in [0.1, 0.15) is 0 Å². The second-order valence-electron chi connectivity index (χ2n) is 5.00. The summed E-state index contributed by atoms with van der Waals surface area (Å²) in [6, 6.07) is 1.89. The van der Waals surface area contributed by atoms with Crippen molar-refractivity contribution < 1.29 is 9.53 Å². The Labute approximate surface area is 120 Å². The molecule has 2 rings (SSSR count). The van der Waals surface area contributed by atoms with Crippen molar-refractivity contribution in [1.82, 2.24) is 9.88 Å². The van der Waals surface area contributed by atoms with Crippen LogP contribution in [0.15, 0.2) is 18.5 Å². The fourth-order valence-corrected chi connectivity index (χ4v) is 2.21. The molecule has 1 aliphatic rings. The summed E-state index contributed by atoms with van der Waals surface area (Å²) >= 11 is 0. The Balaban J connectivity index is 1.92. The number of carbonyl (C=O) groups is 1. The van der Waals surface area contributed by atoms with Gasteiger partial charge in [-0.25, -0.2) is 0 Å². The molecule has 0 aromatic carbocycles. The molecule has 1 aromatic rings. The molecule has 1 fully saturated rings. The second-order valence-corrected chi connectivity index (χ2v) is 5.00. The van der Waals surface area contributed by atoms with Crippen molar-refractivity contribution in [2.24, 2.45) is 0 Å². The van der Waals surface area contributed by atoms with Gasteiger partial charge in [-0.1, -0.05) is 19.8 Å². The van der Waals surface area contributed by atoms with Crippen molar-refractivity contribution in [2.45, 2.75) is 26.2 Å². The predicted molar refractivity (Wildman–Crippen MR) is 79.0 cm³/mol. The first-order valence-electron chi connectivity index (χ1n) is 7.37. The van der Waals surface area contributed by atoms with E-state index >= 15 is 0 Å². The molecule has 1 amide bonds. The van der Waals surface area contributed by atoms with Crippen LogP contribution in [-0.4, -0.2) is 48.6 Å². The van der Waals surface area contributed by atoms with E-state index in [4.69, 9.17) is 4.74 Å². The van der Waals surface area contributed by atoms with Crippen LogP contribution in [-0.2, 0) is 4.74 Å². The fourth-order valence-electron chi connectivity index (χ4n) is 2.21. The van der Waals surface area contributed by atoms with Crippen LogP contribution < -0.4 is 5.32 Å². The maximum atomic E-state index is 12.3. The first-order chi connectivity index (χ1) is 9.81. The second kappa shape index (κ2) is 7.85. The molecule has 0 unspecified atom stereocenters. The number of rotatable bonds is 6. The van der Waals surface area contributed by atoms with Crippen molar-refractivity contribution in [3.05, 3.63) is 24.0 Å². The minimum atomic E-state index is 0.0398. The van der Waals surface area contributed by atoms with E-state index in [1.807, 2.05) is 11.0 Å². The van der Waals surface area contributed by atoms with Gasteiger partial charge in [-0.2, -0.15) is 0 Å². The van der Waals surface area contributed by atoms with Crippen LogP contribution in [0.1, 0.15) is 36.5 Å². The number of carbonyl (C=O) groups excluding carboxylic acids is 1. The molecule has 2 heterocycles. The van der Waals surface area contributed by atoms with Gasteiger partial charge < -0.3 is 15.0 Å². The highest BCUT2D eigenvalue weighted by molar-refractivity contribution is 5.94. The zero-order chi connectivity index (χ0) is 14.2. The Kier molecular flexibility index (Phi) is 5.80. The Morgan fingerprint density at radius 2 is 2.15 bits per heavy atom. The highest BCUT2D eigenvalue weighted by atomic mass is 16.5. The van der Waals surface area contributed by atoms with Gasteiger partial charge in [-0.3, -0.25) is 9.78 Å². The normalized spacial score (nSPS) is 15.2. The molecule has 1 aliphatic heterocycles. The quantitative estimate of drug-likeness (QED) is 0.810. The number of hydrogen-bond acceptors (Lipinski definition) is 4. The van der Waals surface area contributed by atoms with Gasteiger partial charge in [0, 0.05) is 32.0 Å². The van der Waals surface area contributed by atoms with Crippen LogP contribution in [0.2, 0.25) is 0 Å². The van der Waals surface area contributed by atoms with Crippen molar-refractivity contribution in [3.8, 4) is 0 Å². The standard InChI is InChI=1S/C15H23N3O2/c1-2-3-4-5-17-14-10-13(11-16-12-14)15(19)18-6-8-20-9-7-18/h10-12,17H,2-9H2,1H3. The highest BCUT2D eigenvalue weighted by Gasteiger charge is 2.18. The number of pyridine rings is 1. The minimum Gasteiger partial charge on any atom is -0.384 e. The molecule has 5 nitrogen and oxygen atoms in total. The third kappa shape index (κ3) is 4.20. The van der Waals surface area contributed by atoms with E-state index in [9.17, 15) is 4.79 Å². The number of ether oxygens (including phenoxy) is 1. The lowest BCUT2D eigenvalue weighted by Gasteiger charge is -2.26. The van der Waals surface area contributed by atoms with Gasteiger partial charge in [0.25, 0.3) is 5.91 Å². The average Bonchev–Trinajstić information content (AvgIpc) is 2.52. The van der Waals surface area contributed by atoms with E-state index in [2.05, 4.69) is 17.2 Å². The first-order valence-corrected chi connectivity index (χ1v) is 7.37. The molecule has 0 radical (unpaired) electrons. The number of amides is 1. The number of nitrogens with one attached hydrogen (secondary N) is 1. The summed E-state index contributed by atoms with van der Waals surface area (Å²) in [6.07, 6.45) is 6.96. The van der Waals surface area contributed by atoms with Gasteiger partial charge in [-0.15, -0.1) is 0 Å². The van der Waals surface area contributed by atoms with E-state index in [0.29, 0.717) is 31.9 Å². The van der Waals surface area contributed by atoms with Crippen molar-refractivity contribution in [3.63, 3.8) is 0 Å². The molecule has 110 valence electrons. The number of morpholine rings is 1. The number of nitrogens with zero attached hydrogens (tertiary/aromatic N) is 2. The molecule has 0 atom stereocenters. The lowest BCUT2D eigenvalue weighted by atomic mass is 10.2. The molecule has 0 spiro atoms. The lowest BCUT2D eigenvalue weighted by molar-refractivity contribution is 0.0302. The van der Waals surface area contributed by atoms with Crippen LogP contribution >= 0.6 is 0 Å². The summed E-state index contributed by atoms with van der Waals surface area (Å²) in [4.78, 5) is 18.3. The van der Waals surface area contributed by atoms with Gasteiger partial charge in [-0.05, 0) is 12.5 Å². The number of anilines is 1. The molecular weight excluding hydrogens is 254 g/mol. The van der Waals surface area contributed by atoms with E-state index < -0.39 is 0 Å². The topological polar surface area (TPSA) is 54.5 Å². The van der Waals surface area contributed by atoms with Gasteiger partial charge in [0.2, 0.25) is 0 Å². The average molecular weight is 277 g/mol. The van der Waals surface area contributed by atoms with Crippen LogP contribution in [0.5, 0.6) is 0 Å². The highest BCUT2D eigenvalue weighted by Crippen LogP contribution is 2.12. The van der Waals surface area contributed by atoms with E-state index in [0.717, 1.165) is 18.7 Å². The molecule has 0 bridgehead atoms. The van der Waals surface area contributed by atoms with Gasteiger partial charge in [0.05, 0.1) is 24.5 Å². The van der Waals surface area contributed by atoms with Crippen LogP contribution in [0.3, 0.4) is 0 Å². The fraction of sp³-hybridized carbons (Fsp3) is 0.600. The summed E-state index contributed by atoms with van der Waals surface area (Å²) in [5, 5.41) is 3.32. The Morgan fingerprint density at radius 1 is 1.35 bits per heavy atom. The summed E-state index contributed by atoms with van der Waals surface area (Å²) in [7, 11) is 0. The number of hydrogen-bond donors (Lipinski definition) is 1. The van der Waals surface area contributed by atoms with Crippen molar-refractivity contribution >= 4 is 11.6 Å². The van der Waals surface area contributed by atoms with Gasteiger partial charge >= 0.3 is 0 Å². The van der Waals surface area contributed by atoms with Crippen LogP contribution in [0.4, 0.5) is 5.69 Å². The van der Waals surface area contributed by atoms with Gasteiger partial charge in [0.15, 0.2) is 0 Å².